The van der Waals surface area contributed by atoms with E-state index in [4.69, 9.17) is 25.9 Å². The molecule has 17 heavy (non-hydrogen) atoms. The third-order valence-electron chi connectivity index (χ3n) is 1.67. The third-order valence-corrected chi connectivity index (χ3v) is 1.67. The van der Waals surface area contributed by atoms with Crippen LogP contribution in [-0.2, 0) is 0 Å². The number of hydrogen-bond acceptors (Lipinski definition) is 5. The summed E-state index contributed by atoms with van der Waals surface area (Å²) >= 11 is 0. The van der Waals surface area contributed by atoms with Crippen LogP contribution in [0.3, 0.4) is 0 Å². The maximum atomic E-state index is 8.09. The van der Waals surface area contributed by atoms with Gasteiger partial charge in [-0.25, -0.2) is 21.0 Å². The van der Waals surface area contributed by atoms with E-state index in [0.29, 0.717) is 0 Å². The fraction of sp³-hybridized carbons (Fsp3) is 0.100. The smallest absolute Gasteiger partial charge is 0.275 e. The predicted molar refractivity (Wildman–Crippen MR) is 57.3 cm³/mol. The standard InChI is InChI=1S/C6H8NO.C4BN4/c1-8-7-5-3-2-4-6-7;6-1-5(2-7,3-8)4-9/h2-6H,1H3;/q+1;-1. The SMILES string of the molecule is CO[n+]1ccccc1.N#C[B-](C#N)(C#N)C#N. The Bertz CT molecular complexity index is 455. The highest BCUT2D eigenvalue weighted by atomic mass is 16.6. The van der Waals surface area contributed by atoms with E-state index in [1.807, 2.05) is 30.6 Å². The first-order chi connectivity index (χ1) is 8.17. The zero-order valence-corrected chi connectivity index (χ0v) is 9.11. The molecule has 0 spiro atoms. The van der Waals surface area contributed by atoms with Gasteiger partial charge < -0.3 is 0 Å². The van der Waals surface area contributed by atoms with Gasteiger partial charge in [-0.2, -0.15) is 0 Å². The Morgan fingerprint density at radius 2 is 1.29 bits per heavy atom. The van der Waals surface area contributed by atoms with E-state index < -0.39 is 6.15 Å². The zero-order chi connectivity index (χ0) is 13.1. The molecular formula is C10H8BN5O. The lowest BCUT2D eigenvalue weighted by atomic mass is 9.30. The van der Waals surface area contributed by atoms with Crippen molar-refractivity contribution in [3.8, 4) is 23.9 Å². The average Bonchev–Trinajstić information content (AvgIpc) is 2.44. The lowest BCUT2D eigenvalue weighted by Crippen LogP contribution is -2.38. The molecule has 0 aliphatic heterocycles. The molecule has 0 bridgehead atoms. The molecule has 0 unspecified atom stereocenters. The highest BCUT2D eigenvalue weighted by molar-refractivity contribution is 7.05. The largest absolute Gasteiger partial charge is 0.383 e. The minimum Gasteiger partial charge on any atom is -0.275 e. The van der Waals surface area contributed by atoms with Crippen LogP contribution in [0.4, 0.5) is 0 Å². The molecule has 1 aromatic heterocycles. The molecule has 0 amide bonds. The van der Waals surface area contributed by atoms with Crippen LogP contribution >= 0.6 is 0 Å². The van der Waals surface area contributed by atoms with Gasteiger partial charge in [-0.1, -0.05) is 6.07 Å². The highest BCUT2D eigenvalue weighted by Gasteiger charge is 2.22. The summed E-state index contributed by atoms with van der Waals surface area (Å²) in [6.07, 6.45) is 0.944. The minimum absolute atomic E-state index is 1.34. The number of nitriles is 4. The van der Waals surface area contributed by atoms with Crippen LogP contribution in [0.25, 0.3) is 0 Å². The van der Waals surface area contributed by atoms with Crippen molar-refractivity contribution in [1.29, 1.82) is 21.0 Å². The molecule has 1 aromatic rings. The Kier molecular flexibility index (Phi) is 5.99. The molecule has 0 N–H and O–H groups in total. The van der Waals surface area contributed by atoms with E-state index in [0.717, 1.165) is 0 Å². The first-order valence-electron chi connectivity index (χ1n) is 4.49. The van der Waals surface area contributed by atoms with Gasteiger partial charge in [-0.05, 0) is 0 Å². The minimum atomic E-state index is -2.72. The molecule has 0 aliphatic carbocycles. The maximum absolute atomic E-state index is 8.09. The number of aromatic nitrogens is 1. The molecule has 0 radical (unpaired) electrons. The molecule has 0 atom stereocenters. The number of nitrogens with zero attached hydrogens (tertiary/aromatic N) is 5. The molecule has 0 fully saturated rings. The Morgan fingerprint density at radius 1 is 0.882 bits per heavy atom. The van der Waals surface area contributed by atoms with Crippen LogP contribution in [0.15, 0.2) is 30.6 Å². The lowest BCUT2D eigenvalue weighted by molar-refractivity contribution is -0.885. The van der Waals surface area contributed by atoms with Gasteiger partial charge in [0, 0.05) is 16.9 Å². The predicted octanol–water partition coefficient (Wildman–Crippen LogP) is -0.281. The van der Waals surface area contributed by atoms with Gasteiger partial charge in [0.25, 0.3) is 0 Å². The van der Waals surface area contributed by atoms with Crippen molar-refractivity contribution in [2.45, 2.75) is 0 Å². The first kappa shape index (κ1) is 14.0. The van der Waals surface area contributed by atoms with E-state index >= 15 is 0 Å². The maximum Gasteiger partial charge on any atom is 0.383 e. The molecule has 0 saturated carbocycles. The molecule has 7 heteroatoms. The monoisotopic (exact) mass is 225 g/mol. The van der Waals surface area contributed by atoms with Gasteiger partial charge >= 0.3 is 6.15 Å². The molecule has 0 saturated heterocycles. The van der Waals surface area contributed by atoms with Crippen molar-refractivity contribution in [2.75, 3.05) is 7.11 Å². The zero-order valence-electron chi connectivity index (χ0n) is 9.11. The van der Waals surface area contributed by atoms with Crippen molar-refractivity contribution < 1.29 is 9.57 Å². The summed E-state index contributed by atoms with van der Waals surface area (Å²) in [5.41, 5.74) is 0. The van der Waals surface area contributed by atoms with E-state index in [1.165, 1.54) is 23.9 Å². The second kappa shape index (κ2) is 7.29. The topological polar surface area (TPSA) is 108 Å². The van der Waals surface area contributed by atoms with Crippen molar-refractivity contribution in [3.05, 3.63) is 30.6 Å². The van der Waals surface area contributed by atoms with Crippen LogP contribution < -0.4 is 9.57 Å². The van der Waals surface area contributed by atoms with Gasteiger partial charge in [-0.3, -0.25) is 4.84 Å². The summed E-state index contributed by atoms with van der Waals surface area (Å²) < 4.78 is 1.62. The molecule has 1 heterocycles. The normalized spacial score (nSPS) is 8.06. The first-order valence-corrected chi connectivity index (χ1v) is 4.49. The quantitative estimate of drug-likeness (QED) is 0.482. The summed E-state index contributed by atoms with van der Waals surface area (Å²) in [7, 11) is 1.62. The number of pyridine rings is 1. The Labute approximate surface area is 99.0 Å². The van der Waals surface area contributed by atoms with E-state index in [9.17, 15) is 0 Å². The summed E-state index contributed by atoms with van der Waals surface area (Å²) in [6.45, 7) is 0. The fourth-order valence-electron chi connectivity index (χ4n) is 0.678. The van der Waals surface area contributed by atoms with Gasteiger partial charge in [0.15, 0.2) is 0 Å². The van der Waals surface area contributed by atoms with Gasteiger partial charge in [0.2, 0.25) is 12.4 Å². The van der Waals surface area contributed by atoms with E-state index in [-0.39, 0.29) is 0 Å². The van der Waals surface area contributed by atoms with Gasteiger partial charge in [0.1, 0.15) is 7.11 Å². The van der Waals surface area contributed by atoms with Crippen molar-refractivity contribution in [1.82, 2.24) is 0 Å². The molecule has 0 aliphatic rings. The van der Waals surface area contributed by atoms with E-state index in [2.05, 4.69) is 0 Å². The molecular weight excluding hydrogens is 217 g/mol. The molecule has 1 rings (SSSR count). The Hall–Kier alpha value is -3.03. The molecule has 0 aromatic carbocycles. The highest BCUT2D eigenvalue weighted by Crippen LogP contribution is 1.92. The lowest BCUT2D eigenvalue weighted by Gasteiger charge is -1.98. The van der Waals surface area contributed by atoms with Crippen LogP contribution in [0.5, 0.6) is 0 Å². The Morgan fingerprint density at radius 3 is 1.47 bits per heavy atom. The average molecular weight is 225 g/mol. The molecule has 82 valence electrons. The number of rotatable bonds is 1. The third kappa shape index (κ3) is 4.34. The summed E-state index contributed by atoms with van der Waals surface area (Å²) in [4.78, 5) is 4.83. The second-order valence-corrected chi connectivity index (χ2v) is 2.80. The summed E-state index contributed by atoms with van der Waals surface area (Å²) in [5, 5.41) is 32.3. The van der Waals surface area contributed by atoms with Crippen molar-refractivity contribution >= 4 is 6.15 Å². The summed E-state index contributed by atoms with van der Waals surface area (Å²) in [5.74, 6) is 5.38. The Balaban J connectivity index is 0.000000302. The van der Waals surface area contributed by atoms with Gasteiger partial charge in [0.05, 0.1) is 0 Å². The second-order valence-electron chi connectivity index (χ2n) is 2.80. The fourth-order valence-corrected chi connectivity index (χ4v) is 0.678. The van der Waals surface area contributed by atoms with Crippen LogP contribution in [0.2, 0.25) is 0 Å². The summed E-state index contributed by atoms with van der Waals surface area (Å²) in [6, 6.07) is 5.75. The van der Waals surface area contributed by atoms with E-state index in [1.54, 1.807) is 11.8 Å². The van der Waals surface area contributed by atoms with Crippen LogP contribution in [-0.4, -0.2) is 13.3 Å². The number of hydrogen-bond donors (Lipinski definition) is 0. The van der Waals surface area contributed by atoms with Crippen molar-refractivity contribution in [2.24, 2.45) is 0 Å². The van der Waals surface area contributed by atoms with Gasteiger partial charge in [-0.15, -0.1) is 23.9 Å². The van der Waals surface area contributed by atoms with Crippen LogP contribution in [0.1, 0.15) is 0 Å². The van der Waals surface area contributed by atoms with Crippen molar-refractivity contribution in [3.63, 3.8) is 0 Å². The van der Waals surface area contributed by atoms with Crippen LogP contribution in [0, 0.1) is 44.9 Å². The molecule has 6 nitrogen and oxygen atoms in total.